The van der Waals surface area contributed by atoms with Crippen LogP contribution in [0.15, 0.2) is 84.9 Å². The lowest BCUT2D eigenvalue weighted by molar-refractivity contribution is 0.155. The first-order valence-electron chi connectivity index (χ1n) is 7.97. The Hall–Kier alpha value is -2.78. The lowest BCUT2D eigenvalue weighted by atomic mass is 9.95. The number of aliphatic hydroxyl groups is 1. The summed E-state index contributed by atoms with van der Waals surface area (Å²) in [6.07, 6.45) is -0.682. The minimum Gasteiger partial charge on any atom is -0.495 e. The second-order valence-electron chi connectivity index (χ2n) is 5.59. The number of benzene rings is 3. The molecular weight excluding hydrogens is 298 g/mol. The van der Waals surface area contributed by atoms with Gasteiger partial charge in [0.25, 0.3) is 0 Å². The zero-order valence-electron chi connectivity index (χ0n) is 13.6. The van der Waals surface area contributed by atoms with E-state index in [0.29, 0.717) is 0 Å². The molecule has 2 atom stereocenters. The van der Waals surface area contributed by atoms with Crippen molar-refractivity contribution < 1.29 is 9.84 Å². The third-order valence-corrected chi connectivity index (χ3v) is 4.03. The third-order valence-electron chi connectivity index (χ3n) is 4.03. The molecule has 0 bridgehead atoms. The molecule has 0 spiro atoms. The average molecular weight is 319 g/mol. The molecule has 0 aliphatic heterocycles. The van der Waals surface area contributed by atoms with Gasteiger partial charge in [-0.3, -0.25) is 0 Å². The number of rotatable bonds is 6. The highest BCUT2D eigenvalue weighted by molar-refractivity contribution is 5.57. The lowest BCUT2D eigenvalue weighted by Crippen LogP contribution is -2.19. The first kappa shape index (κ1) is 16.1. The number of aliphatic hydroxyl groups excluding tert-OH is 1. The largest absolute Gasteiger partial charge is 0.495 e. The minimum atomic E-state index is -0.682. The van der Waals surface area contributed by atoms with E-state index in [1.54, 1.807) is 7.11 Å². The Morgan fingerprint density at radius 1 is 0.750 bits per heavy atom. The molecule has 0 saturated heterocycles. The maximum atomic E-state index is 11.0. The summed E-state index contributed by atoms with van der Waals surface area (Å²) < 4.78 is 5.42. The summed E-state index contributed by atoms with van der Waals surface area (Å²) in [4.78, 5) is 0. The van der Waals surface area contributed by atoms with Gasteiger partial charge in [0.2, 0.25) is 0 Å². The van der Waals surface area contributed by atoms with E-state index < -0.39 is 6.10 Å². The van der Waals surface area contributed by atoms with Gasteiger partial charge in [0, 0.05) is 0 Å². The van der Waals surface area contributed by atoms with Crippen molar-refractivity contribution in [3.63, 3.8) is 0 Å². The van der Waals surface area contributed by atoms with Crippen LogP contribution in [0.1, 0.15) is 23.3 Å². The smallest absolute Gasteiger partial charge is 0.141 e. The first-order valence-corrected chi connectivity index (χ1v) is 7.97. The molecule has 2 N–H and O–H groups in total. The van der Waals surface area contributed by atoms with Gasteiger partial charge in [0.15, 0.2) is 0 Å². The van der Waals surface area contributed by atoms with Gasteiger partial charge in [0.05, 0.1) is 18.8 Å². The van der Waals surface area contributed by atoms with Crippen molar-refractivity contribution in [3.8, 4) is 5.75 Å². The van der Waals surface area contributed by atoms with Gasteiger partial charge >= 0.3 is 0 Å². The number of ether oxygens (including phenoxy) is 1. The zero-order valence-corrected chi connectivity index (χ0v) is 13.6. The first-order chi connectivity index (χ1) is 11.8. The van der Waals surface area contributed by atoms with Gasteiger partial charge < -0.3 is 15.2 Å². The van der Waals surface area contributed by atoms with E-state index in [1.807, 2.05) is 84.9 Å². The van der Waals surface area contributed by atoms with Crippen molar-refractivity contribution in [2.75, 3.05) is 12.4 Å². The van der Waals surface area contributed by atoms with Crippen LogP contribution in [0.25, 0.3) is 0 Å². The van der Waals surface area contributed by atoms with E-state index in [2.05, 4.69) is 5.32 Å². The average Bonchev–Trinajstić information content (AvgIpc) is 2.67. The quantitative estimate of drug-likeness (QED) is 0.698. The number of anilines is 1. The van der Waals surface area contributed by atoms with Gasteiger partial charge in [-0.1, -0.05) is 72.8 Å². The van der Waals surface area contributed by atoms with E-state index in [-0.39, 0.29) is 6.04 Å². The highest BCUT2D eigenvalue weighted by Crippen LogP contribution is 2.35. The van der Waals surface area contributed by atoms with E-state index >= 15 is 0 Å². The molecule has 3 rings (SSSR count). The predicted molar refractivity (Wildman–Crippen MR) is 97.2 cm³/mol. The van der Waals surface area contributed by atoms with Crippen LogP contribution in [0.2, 0.25) is 0 Å². The van der Waals surface area contributed by atoms with Crippen molar-refractivity contribution in [1.82, 2.24) is 0 Å². The lowest BCUT2D eigenvalue weighted by Gasteiger charge is -2.27. The molecule has 3 aromatic carbocycles. The minimum absolute atomic E-state index is 0.287. The fourth-order valence-corrected chi connectivity index (χ4v) is 2.78. The highest BCUT2D eigenvalue weighted by atomic mass is 16.5. The van der Waals surface area contributed by atoms with Gasteiger partial charge in [-0.05, 0) is 23.3 Å². The molecule has 0 heterocycles. The summed E-state index contributed by atoms with van der Waals surface area (Å²) in [6.45, 7) is 0. The van der Waals surface area contributed by atoms with Crippen LogP contribution in [0.4, 0.5) is 5.69 Å². The number of para-hydroxylation sites is 2. The predicted octanol–water partition coefficient (Wildman–Crippen LogP) is 4.58. The molecule has 3 aromatic rings. The SMILES string of the molecule is COc1ccccc1N[C@@H](c1ccccc1)[C@@H](O)c1ccccc1. The molecule has 0 aromatic heterocycles. The Labute approximate surface area is 142 Å². The van der Waals surface area contributed by atoms with Crippen LogP contribution in [0, 0.1) is 0 Å². The van der Waals surface area contributed by atoms with Crippen molar-refractivity contribution in [3.05, 3.63) is 96.1 Å². The molecule has 0 aliphatic rings. The van der Waals surface area contributed by atoms with Crippen LogP contribution in [0.3, 0.4) is 0 Å². The summed E-state index contributed by atoms with van der Waals surface area (Å²) in [6, 6.07) is 27.1. The molecule has 0 fully saturated rings. The number of hydrogen-bond donors (Lipinski definition) is 2. The van der Waals surface area contributed by atoms with E-state index in [4.69, 9.17) is 4.74 Å². The monoisotopic (exact) mass is 319 g/mol. The van der Waals surface area contributed by atoms with Crippen LogP contribution < -0.4 is 10.1 Å². The summed E-state index contributed by atoms with van der Waals surface area (Å²) in [5.41, 5.74) is 2.73. The van der Waals surface area contributed by atoms with Crippen LogP contribution >= 0.6 is 0 Å². The molecule has 0 unspecified atom stereocenters. The normalized spacial score (nSPS) is 13.1. The molecule has 0 aliphatic carbocycles. The summed E-state index contributed by atoms with van der Waals surface area (Å²) in [5, 5.41) is 14.4. The Morgan fingerprint density at radius 2 is 1.29 bits per heavy atom. The Bertz CT molecular complexity index is 759. The van der Waals surface area contributed by atoms with Crippen molar-refractivity contribution in [2.45, 2.75) is 12.1 Å². The van der Waals surface area contributed by atoms with Gasteiger partial charge in [-0.25, -0.2) is 0 Å². The molecule has 0 radical (unpaired) electrons. The van der Waals surface area contributed by atoms with Crippen LogP contribution in [-0.4, -0.2) is 12.2 Å². The van der Waals surface area contributed by atoms with Crippen LogP contribution in [0.5, 0.6) is 5.75 Å². The van der Waals surface area contributed by atoms with E-state index in [9.17, 15) is 5.11 Å². The van der Waals surface area contributed by atoms with Crippen LogP contribution in [-0.2, 0) is 0 Å². The molecule has 0 amide bonds. The molecule has 24 heavy (non-hydrogen) atoms. The Morgan fingerprint density at radius 3 is 1.92 bits per heavy atom. The fraction of sp³-hybridized carbons (Fsp3) is 0.143. The number of methoxy groups -OCH3 is 1. The number of nitrogens with one attached hydrogen (secondary N) is 1. The molecule has 0 saturated carbocycles. The van der Waals surface area contributed by atoms with Gasteiger partial charge in [-0.2, -0.15) is 0 Å². The molecule has 3 nitrogen and oxygen atoms in total. The Balaban J connectivity index is 1.97. The van der Waals surface area contributed by atoms with Crippen molar-refractivity contribution >= 4 is 5.69 Å². The van der Waals surface area contributed by atoms with Gasteiger partial charge in [-0.15, -0.1) is 0 Å². The topological polar surface area (TPSA) is 41.5 Å². The highest BCUT2D eigenvalue weighted by Gasteiger charge is 2.23. The van der Waals surface area contributed by atoms with E-state index in [1.165, 1.54) is 0 Å². The summed E-state index contributed by atoms with van der Waals surface area (Å²) >= 11 is 0. The summed E-state index contributed by atoms with van der Waals surface area (Å²) in [5.74, 6) is 0.749. The molecule has 3 heteroatoms. The van der Waals surface area contributed by atoms with Gasteiger partial charge in [0.1, 0.15) is 11.9 Å². The standard InChI is InChI=1S/C21H21NO2/c1-24-19-15-9-8-14-18(19)22-20(16-10-4-2-5-11-16)21(23)17-12-6-3-7-13-17/h2-15,20-23H,1H3/t20-,21-/m0/s1. The second-order valence-corrected chi connectivity index (χ2v) is 5.59. The maximum Gasteiger partial charge on any atom is 0.141 e. The zero-order chi connectivity index (χ0) is 16.8. The third kappa shape index (κ3) is 3.58. The summed E-state index contributed by atoms with van der Waals surface area (Å²) in [7, 11) is 1.64. The molecule has 122 valence electrons. The van der Waals surface area contributed by atoms with Crippen molar-refractivity contribution in [1.29, 1.82) is 0 Å². The van der Waals surface area contributed by atoms with E-state index in [0.717, 1.165) is 22.6 Å². The second kappa shape index (κ2) is 7.66. The maximum absolute atomic E-state index is 11.0. The fourth-order valence-electron chi connectivity index (χ4n) is 2.78. The number of hydrogen-bond acceptors (Lipinski definition) is 3. The Kier molecular flexibility index (Phi) is 5.14. The molecular formula is C21H21NO2. The van der Waals surface area contributed by atoms with Crippen molar-refractivity contribution in [2.24, 2.45) is 0 Å².